The highest BCUT2D eigenvalue weighted by Crippen LogP contribution is 2.24. The zero-order valence-corrected chi connectivity index (χ0v) is 8.78. The number of hydrogen-bond donors (Lipinski definition) is 1. The predicted molar refractivity (Wildman–Crippen MR) is 55.2 cm³/mol. The average Bonchev–Trinajstić information content (AvgIpc) is 2.44. The number of aromatic hydroxyl groups is 1. The van der Waals surface area contributed by atoms with Crippen LogP contribution in [-0.2, 0) is 13.6 Å². The molecule has 0 aliphatic carbocycles. The summed E-state index contributed by atoms with van der Waals surface area (Å²) in [7, 11) is 2.00. The van der Waals surface area contributed by atoms with Crippen molar-refractivity contribution < 1.29 is 9.79 Å². The zero-order chi connectivity index (χ0) is 10.3. The van der Waals surface area contributed by atoms with Gasteiger partial charge in [-0.3, -0.25) is 0 Å². The van der Waals surface area contributed by atoms with Crippen LogP contribution in [0.4, 0.5) is 0 Å². The van der Waals surface area contributed by atoms with Gasteiger partial charge in [0.2, 0.25) is 6.20 Å². The quantitative estimate of drug-likeness (QED) is 0.680. The van der Waals surface area contributed by atoms with E-state index >= 15 is 0 Å². The van der Waals surface area contributed by atoms with E-state index in [4.69, 9.17) is 0 Å². The third-order valence-corrected chi connectivity index (χ3v) is 2.62. The lowest BCUT2D eigenvalue weighted by Crippen LogP contribution is -2.39. The molecule has 2 rings (SSSR count). The van der Waals surface area contributed by atoms with E-state index in [0.717, 1.165) is 23.0 Å². The lowest BCUT2D eigenvalue weighted by molar-refractivity contribution is -0.768. The first-order valence-electron chi connectivity index (χ1n) is 4.82. The van der Waals surface area contributed by atoms with Gasteiger partial charge in [0.1, 0.15) is 16.7 Å². The fourth-order valence-electron chi connectivity index (χ4n) is 1.84. The summed E-state index contributed by atoms with van der Waals surface area (Å²) in [5, 5.41) is 10.7. The molecule has 1 N–H and O–H groups in total. The minimum atomic E-state index is 0.364. The van der Waals surface area contributed by atoms with Gasteiger partial charge in [-0.2, -0.15) is 4.68 Å². The first-order chi connectivity index (χ1) is 6.63. The molecule has 1 heterocycles. The Labute approximate surface area is 83.2 Å². The van der Waals surface area contributed by atoms with Gasteiger partial charge >= 0.3 is 0 Å². The van der Waals surface area contributed by atoms with E-state index in [2.05, 4.69) is 22.4 Å². The number of benzene rings is 1. The number of hydrogen-bond acceptors (Lipinski definition) is 1. The number of fused-ring (bicyclic) bond motifs is 1. The van der Waals surface area contributed by atoms with Crippen molar-refractivity contribution in [2.45, 2.75) is 20.4 Å². The van der Waals surface area contributed by atoms with Crippen molar-refractivity contribution in [3.8, 4) is 5.75 Å². The predicted octanol–water partition coefficient (Wildman–Crippen LogP) is 1.50. The number of aromatic nitrogens is 2. The van der Waals surface area contributed by atoms with Gasteiger partial charge in [0.15, 0.2) is 6.54 Å². The second-order valence-electron chi connectivity index (χ2n) is 3.63. The molecule has 0 bridgehead atoms. The van der Waals surface area contributed by atoms with Crippen molar-refractivity contribution in [2.75, 3.05) is 0 Å². The largest absolute Gasteiger partial charge is 0.507 e. The van der Waals surface area contributed by atoms with Gasteiger partial charge < -0.3 is 5.11 Å². The minimum absolute atomic E-state index is 0.364. The van der Waals surface area contributed by atoms with Gasteiger partial charge in [-0.1, -0.05) is 0 Å². The summed E-state index contributed by atoms with van der Waals surface area (Å²) in [5.41, 5.74) is 2.16. The average molecular weight is 191 g/mol. The molecule has 0 amide bonds. The maximum atomic E-state index is 9.76. The van der Waals surface area contributed by atoms with E-state index in [-0.39, 0.29) is 0 Å². The molecular formula is C11H15N2O+. The lowest BCUT2D eigenvalue weighted by Gasteiger charge is -1.97. The number of phenolic OH excluding ortho intramolecular Hbond substituents is 1. The van der Waals surface area contributed by atoms with Crippen LogP contribution in [0, 0.1) is 6.92 Å². The molecule has 14 heavy (non-hydrogen) atoms. The molecule has 74 valence electrons. The summed E-state index contributed by atoms with van der Waals surface area (Å²) in [6.45, 7) is 4.98. The van der Waals surface area contributed by atoms with Crippen LogP contribution < -0.4 is 4.68 Å². The number of nitrogens with zero attached hydrogens (tertiary/aromatic N) is 2. The van der Waals surface area contributed by atoms with Gasteiger partial charge in [-0.05, 0) is 31.5 Å². The van der Waals surface area contributed by atoms with E-state index in [0.29, 0.717) is 5.75 Å². The van der Waals surface area contributed by atoms with Gasteiger partial charge in [0.05, 0.1) is 7.05 Å². The highest BCUT2D eigenvalue weighted by Gasteiger charge is 2.14. The van der Waals surface area contributed by atoms with E-state index in [1.807, 2.05) is 20.2 Å². The Morgan fingerprint density at radius 2 is 2.14 bits per heavy atom. The molecular weight excluding hydrogens is 176 g/mol. The lowest BCUT2D eigenvalue weighted by atomic mass is 10.2. The molecule has 2 aromatic rings. The van der Waals surface area contributed by atoms with Crippen molar-refractivity contribution in [1.82, 2.24) is 4.68 Å². The Morgan fingerprint density at radius 1 is 1.43 bits per heavy atom. The second kappa shape index (κ2) is 3.01. The van der Waals surface area contributed by atoms with E-state index in [1.54, 1.807) is 6.07 Å². The summed E-state index contributed by atoms with van der Waals surface area (Å²) < 4.78 is 4.13. The maximum absolute atomic E-state index is 9.76. The van der Waals surface area contributed by atoms with Crippen LogP contribution in [0.25, 0.3) is 10.9 Å². The van der Waals surface area contributed by atoms with Crippen LogP contribution in [0.3, 0.4) is 0 Å². The highest BCUT2D eigenvalue weighted by molar-refractivity contribution is 5.84. The molecule has 0 atom stereocenters. The van der Waals surface area contributed by atoms with Gasteiger partial charge in [-0.15, -0.1) is 4.68 Å². The SMILES string of the molecule is CC[n+]1cc2c(O)cc(C)cc2n1C. The summed E-state index contributed by atoms with van der Waals surface area (Å²) in [4.78, 5) is 0. The molecule has 0 aliphatic heterocycles. The first-order valence-corrected chi connectivity index (χ1v) is 4.82. The maximum Gasteiger partial charge on any atom is 0.207 e. The Kier molecular flexibility index (Phi) is 1.95. The van der Waals surface area contributed by atoms with Crippen molar-refractivity contribution in [3.63, 3.8) is 0 Å². The number of rotatable bonds is 1. The molecule has 0 saturated carbocycles. The molecule has 0 radical (unpaired) electrons. The van der Waals surface area contributed by atoms with E-state index < -0.39 is 0 Å². The molecule has 1 aromatic carbocycles. The topological polar surface area (TPSA) is 29.0 Å². The third kappa shape index (κ3) is 1.16. The Morgan fingerprint density at radius 3 is 2.79 bits per heavy atom. The van der Waals surface area contributed by atoms with Crippen LogP contribution in [-0.4, -0.2) is 9.79 Å². The third-order valence-electron chi connectivity index (χ3n) is 2.62. The van der Waals surface area contributed by atoms with Crippen LogP contribution >= 0.6 is 0 Å². The monoisotopic (exact) mass is 191 g/mol. The summed E-state index contributed by atoms with van der Waals surface area (Å²) in [6, 6.07) is 3.88. The molecule has 1 aromatic heterocycles. The van der Waals surface area contributed by atoms with Crippen LogP contribution in [0.2, 0.25) is 0 Å². The molecule has 0 unspecified atom stereocenters. The van der Waals surface area contributed by atoms with Crippen molar-refractivity contribution in [2.24, 2.45) is 7.05 Å². The summed E-state index contributed by atoms with van der Waals surface area (Å²) in [6.07, 6.45) is 1.98. The highest BCUT2D eigenvalue weighted by atomic mass is 16.3. The van der Waals surface area contributed by atoms with Gasteiger partial charge in [-0.25, -0.2) is 0 Å². The van der Waals surface area contributed by atoms with Crippen LogP contribution in [0.1, 0.15) is 12.5 Å². The van der Waals surface area contributed by atoms with Crippen LogP contribution in [0.15, 0.2) is 18.3 Å². The number of phenols is 1. The smallest absolute Gasteiger partial charge is 0.207 e. The molecule has 0 fully saturated rings. The molecule has 0 spiro atoms. The zero-order valence-electron chi connectivity index (χ0n) is 8.78. The summed E-state index contributed by atoms with van der Waals surface area (Å²) >= 11 is 0. The molecule has 3 nitrogen and oxygen atoms in total. The first kappa shape index (κ1) is 9.06. The molecule has 0 saturated heterocycles. The van der Waals surface area contributed by atoms with E-state index in [1.165, 1.54) is 0 Å². The Bertz CT molecular complexity index is 485. The van der Waals surface area contributed by atoms with Gasteiger partial charge in [0.25, 0.3) is 0 Å². The Balaban J connectivity index is 2.85. The minimum Gasteiger partial charge on any atom is -0.507 e. The van der Waals surface area contributed by atoms with E-state index in [9.17, 15) is 5.11 Å². The Hall–Kier alpha value is -1.51. The standard InChI is InChI=1S/C11H14N2O/c1-4-13-7-9-10(12(13)3)5-8(2)6-11(9)14/h5-7H,4H2,1-3H3/p+1. The van der Waals surface area contributed by atoms with Crippen molar-refractivity contribution >= 4 is 10.9 Å². The molecule has 3 heteroatoms. The fraction of sp³-hybridized carbons (Fsp3) is 0.364. The fourth-order valence-corrected chi connectivity index (χ4v) is 1.84. The normalized spacial score (nSPS) is 11.1. The second-order valence-corrected chi connectivity index (χ2v) is 3.63. The summed E-state index contributed by atoms with van der Waals surface area (Å²) in [5.74, 6) is 0.364. The molecule has 0 aliphatic rings. The van der Waals surface area contributed by atoms with Crippen LogP contribution in [0.5, 0.6) is 5.75 Å². The number of aryl methyl sites for hydroxylation is 3. The van der Waals surface area contributed by atoms with Gasteiger partial charge in [0, 0.05) is 0 Å². The van der Waals surface area contributed by atoms with Crippen molar-refractivity contribution in [3.05, 3.63) is 23.9 Å². The van der Waals surface area contributed by atoms with Crippen molar-refractivity contribution in [1.29, 1.82) is 0 Å².